The van der Waals surface area contributed by atoms with E-state index in [2.05, 4.69) is 0 Å². The largest absolute Gasteiger partial charge is 0.398 e. The Morgan fingerprint density at radius 3 is 2.38 bits per heavy atom. The van der Waals surface area contributed by atoms with Gasteiger partial charge < -0.3 is 20.3 Å². The van der Waals surface area contributed by atoms with Crippen molar-refractivity contribution >= 4 is 29.9 Å². The SMILES string of the molecule is COCCN(CC(=O)N(C)C)C(=O)c1ccccc1N.Cl. The number of benzene rings is 1. The Kier molecular flexibility index (Phi) is 8.42. The number of para-hydroxylation sites is 1. The molecule has 0 saturated heterocycles. The number of nitrogens with zero attached hydrogens (tertiary/aromatic N) is 2. The number of nitrogen functional groups attached to an aromatic ring is 1. The van der Waals surface area contributed by atoms with E-state index in [1.165, 1.54) is 9.80 Å². The Labute approximate surface area is 131 Å². The number of halogens is 1. The van der Waals surface area contributed by atoms with Gasteiger partial charge in [-0.15, -0.1) is 12.4 Å². The molecule has 0 aromatic heterocycles. The number of carbonyl (C=O) groups excluding carboxylic acids is 2. The lowest BCUT2D eigenvalue weighted by molar-refractivity contribution is -0.129. The number of anilines is 1. The lowest BCUT2D eigenvalue weighted by atomic mass is 10.1. The zero-order chi connectivity index (χ0) is 15.1. The van der Waals surface area contributed by atoms with Gasteiger partial charge in [-0.3, -0.25) is 9.59 Å². The Hall–Kier alpha value is -1.79. The second-order valence-electron chi connectivity index (χ2n) is 4.59. The molecule has 7 heteroatoms. The molecule has 0 heterocycles. The number of methoxy groups -OCH3 is 1. The highest BCUT2D eigenvalue weighted by Gasteiger charge is 2.20. The van der Waals surface area contributed by atoms with Gasteiger partial charge in [0.05, 0.1) is 12.2 Å². The summed E-state index contributed by atoms with van der Waals surface area (Å²) in [5.41, 5.74) is 6.60. The van der Waals surface area contributed by atoms with E-state index in [-0.39, 0.29) is 30.8 Å². The van der Waals surface area contributed by atoms with Crippen molar-refractivity contribution in [1.82, 2.24) is 9.80 Å². The Bertz CT molecular complexity index is 480. The smallest absolute Gasteiger partial charge is 0.256 e. The van der Waals surface area contributed by atoms with Crippen molar-refractivity contribution in [3.63, 3.8) is 0 Å². The lowest BCUT2D eigenvalue weighted by Gasteiger charge is -2.24. The molecule has 0 fully saturated rings. The summed E-state index contributed by atoms with van der Waals surface area (Å²) < 4.78 is 4.98. The first-order valence-electron chi connectivity index (χ1n) is 6.30. The lowest BCUT2D eigenvalue weighted by Crippen LogP contribution is -2.42. The minimum atomic E-state index is -0.268. The molecule has 1 aromatic carbocycles. The summed E-state index contributed by atoms with van der Waals surface area (Å²) in [6, 6.07) is 6.82. The summed E-state index contributed by atoms with van der Waals surface area (Å²) in [6.07, 6.45) is 0. The number of ether oxygens (including phenoxy) is 1. The van der Waals surface area contributed by atoms with Gasteiger partial charge in [0.2, 0.25) is 5.91 Å². The first-order valence-corrected chi connectivity index (χ1v) is 6.30. The molecule has 2 N–H and O–H groups in total. The summed E-state index contributed by atoms with van der Waals surface area (Å²) in [4.78, 5) is 27.1. The molecule has 0 spiro atoms. The molecule has 0 radical (unpaired) electrons. The number of rotatable bonds is 6. The molecule has 118 valence electrons. The first-order chi connectivity index (χ1) is 9.47. The zero-order valence-electron chi connectivity index (χ0n) is 12.5. The molecule has 0 unspecified atom stereocenters. The summed E-state index contributed by atoms with van der Waals surface area (Å²) in [5, 5.41) is 0. The van der Waals surface area contributed by atoms with E-state index in [1.807, 2.05) is 0 Å². The van der Waals surface area contributed by atoms with Crippen molar-refractivity contribution in [2.75, 3.05) is 46.6 Å². The third-order valence-electron chi connectivity index (χ3n) is 2.87. The van der Waals surface area contributed by atoms with Gasteiger partial charge >= 0.3 is 0 Å². The monoisotopic (exact) mass is 315 g/mol. The molecule has 0 aliphatic heterocycles. The van der Waals surface area contributed by atoms with Gasteiger partial charge in [0, 0.05) is 33.4 Å². The number of amides is 2. The van der Waals surface area contributed by atoms with E-state index in [1.54, 1.807) is 45.5 Å². The van der Waals surface area contributed by atoms with Gasteiger partial charge in [-0.25, -0.2) is 0 Å². The van der Waals surface area contributed by atoms with Crippen molar-refractivity contribution < 1.29 is 14.3 Å². The average Bonchev–Trinajstić information content (AvgIpc) is 2.42. The van der Waals surface area contributed by atoms with Crippen molar-refractivity contribution in [1.29, 1.82) is 0 Å². The molecular formula is C14H22ClN3O3. The zero-order valence-corrected chi connectivity index (χ0v) is 13.4. The van der Waals surface area contributed by atoms with Gasteiger partial charge in [0.1, 0.15) is 6.54 Å². The van der Waals surface area contributed by atoms with Crippen molar-refractivity contribution in [2.45, 2.75) is 0 Å². The first kappa shape index (κ1) is 19.2. The van der Waals surface area contributed by atoms with Gasteiger partial charge in [-0.2, -0.15) is 0 Å². The van der Waals surface area contributed by atoms with E-state index in [4.69, 9.17) is 10.5 Å². The highest BCUT2D eigenvalue weighted by molar-refractivity contribution is 6.00. The van der Waals surface area contributed by atoms with Crippen LogP contribution in [0.2, 0.25) is 0 Å². The van der Waals surface area contributed by atoms with Gasteiger partial charge in [-0.1, -0.05) is 12.1 Å². The Morgan fingerprint density at radius 2 is 1.86 bits per heavy atom. The minimum absolute atomic E-state index is 0. The molecule has 2 amide bonds. The van der Waals surface area contributed by atoms with E-state index < -0.39 is 0 Å². The van der Waals surface area contributed by atoms with Crippen LogP contribution in [0.5, 0.6) is 0 Å². The molecule has 0 aliphatic rings. The van der Waals surface area contributed by atoms with E-state index in [9.17, 15) is 9.59 Å². The topological polar surface area (TPSA) is 75.9 Å². The number of nitrogens with two attached hydrogens (primary N) is 1. The second kappa shape index (κ2) is 9.20. The molecule has 0 aliphatic carbocycles. The maximum atomic E-state index is 12.4. The molecule has 6 nitrogen and oxygen atoms in total. The highest BCUT2D eigenvalue weighted by atomic mass is 35.5. The van der Waals surface area contributed by atoms with Crippen molar-refractivity contribution in [2.24, 2.45) is 0 Å². The van der Waals surface area contributed by atoms with Crippen molar-refractivity contribution in [3.8, 4) is 0 Å². The minimum Gasteiger partial charge on any atom is -0.398 e. The molecule has 0 bridgehead atoms. The third-order valence-corrected chi connectivity index (χ3v) is 2.87. The van der Waals surface area contributed by atoms with Crippen LogP contribution >= 0.6 is 12.4 Å². The van der Waals surface area contributed by atoms with Crippen LogP contribution in [0, 0.1) is 0 Å². The summed E-state index contributed by atoms with van der Waals surface area (Å²) in [5.74, 6) is -0.417. The van der Waals surface area contributed by atoms with E-state index >= 15 is 0 Å². The highest BCUT2D eigenvalue weighted by Crippen LogP contribution is 2.13. The van der Waals surface area contributed by atoms with Crippen LogP contribution in [-0.2, 0) is 9.53 Å². The number of hydrogen-bond acceptors (Lipinski definition) is 4. The molecular weight excluding hydrogens is 294 g/mol. The molecule has 21 heavy (non-hydrogen) atoms. The third kappa shape index (κ3) is 5.61. The fraction of sp³-hybridized carbons (Fsp3) is 0.429. The summed E-state index contributed by atoms with van der Waals surface area (Å²) in [6.45, 7) is 0.700. The van der Waals surface area contributed by atoms with Crippen LogP contribution in [0.15, 0.2) is 24.3 Å². The number of hydrogen-bond donors (Lipinski definition) is 1. The van der Waals surface area contributed by atoms with Gasteiger partial charge in [0.15, 0.2) is 0 Å². The second-order valence-corrected chi connectivity index (χ2v) is 4.59. The molecule has 0 saturated carbocycles. The molecule has 1 aromatic rings. The van der Waals surface area contributed by atoms with Crippen LogP contribution < -0.4 is 5.73 Å². The predicted molar refractivity (Wildman–Crippen MR) is 84.6 cm³/mol. The standard InChI is InChI=1S/C14H21N3O3.ClH/c1-16(2)13(18)10-17(8-9-20-3)14(19)11-6-4-5-7-12(11)15;/h4-7H,8-10,15H2,1-3H3;1H. The Balaban J connectivity index is 0.00000400. The summed E-state index contributed by atoms with van der Waals surface area (Å²) in [7, 11) is 4.85. The van der Waals surface area contributed by atoms with Crippen LogP contribution in [0.3, 0.4) is 0 Å². The fourth-order valence-corrected chi connectivity index (χ4v) is 1.62. The fourth-order valence-electron chi connectivity index (χ4n) is 1.62. The van der Waals surface area contributed by atoms with E-state index in [0.717, 1.165) is 0 Å². The normalized spacial score (nSPS) is 9.67. The predicted octanol–water partition coefficient (Wildman–Crippen LogP) is 0.867. The van der Waals surface area contributed by atoms with Crippen LogP contribution in [0.25, 0.3) is 0 Å². The van der Waals surface area contributed by atoms with Gasteiger partial charge in [0.25, 0.3) is 5.91 Å². The molecule has 0 atom stereocenters. The Morgan fingerprint density at radius 1 is 1.24 bits per heavy atom. The maximum absolute atomic E-state index is 12.4. The number of likely N-dealkylation sites (N-methyl/N-ethyl adjacent to an activating group) is 1. The number of carbonyl (C=O) groups is 2. The van der Waals surface area contributed by atoms with Crippen LogP contribution in [0.4, 0.5) is 5.69 Å². The van der Waals surface area contributed by atoms with Crippen molar-refractivity contribution in [3.05, 3.63) is 29.8 Å². The van der Waals surface area contributed by atoms with Crippen LogP contribution in [0.1, 0.15) is 10.4 Å². The average molecular weight is 316 g/mol. The molecule has 1 rings (SSSR count). The van der Waals surface area contributed by atoms with E-state index in [0.29, 0.717) is 24.4 Å². The summed E-state index contributed by atoms with van der Waals surface area (Å²) >= 11 is 0. The quantitative estimate of drug-likeness (QED) is 0.790. The van der Waals surface area contributed by atoms with Crippen LogP contribution in [-0.4, -0.2) is 62.5 Å². The van der Waals surface area contributed by atoms with Gasteiger partial charge in [-0.05, 0) is 12.1 Å². The maximum Gasteiger partial charge on any atom is 0.256 e.